The van der Waals surface area contributed by atoms with Crippen LogP contribution in [0.1, 0.15) is 24.8 Å². The van der Waals surface area contributed by atoms with Crippen LogP contribution in [0, 0.1) is 0 Å². The molecule has 1 aliphatic heterocycles. The Morgan fingerprint density at radius 3 is 2.76 bits per heavy atom. The topological polar surface area (TPSA) is 49.4 Å². The highest BCUT2D eigenvalue weighted by Gasteiger charge is 2.32. The van der Waals surface area contributed by atoms with Crippen molar-refractivity contribution in [2.45, 2.75) is 31.7 Å². The molecule has 2 heterocycles. The van der Waals surface area contributed by atoms with Crippen molar-refractivity contribution in [1.82, 2.24) is 4.90 Å². The van der Waals surface area contributed by atoms with E-state index >= 15 is 0 Å². The Labute approximate surface area is 160 Å². The predicted octanol–water partition coefficient (Wildman–Crippen LogP) is 4.62. The van der Waals surface area contributed by atoms with Crippen molar-refractivity contribution < 1.29 is 9.59 Å². The van der Waals surface area contributed by atoms with E-state index in [9.17, 15) is 9.59 Å². The van der Waals surface area contributed by atoms with Gasteiger partial charge in [0, 0.05) is 12.2 Å². The van der Waals surface area contributed by atoms with Crippen LogP contribution in [-0.4, -0.2) is 29.3 Å². The zero-order valence-corrected chi connectivity index (χ0v) is 15.8. The normalized spacial score (nSPS) is 17.4. The third-order valence-electron chi connectivity index (χ3n) is 4.25. The Morgan fingerprint density at radius 1 is 1.20 bits per heavy atom. The molecule has 2 amide bonds. The van der Waals surface area contributed by atoms with Gasteiger partial charge in [-0.05, 0) is 59.9 Å². The summed E-state index contributed by atoms with van der Waals surface area (Å²) in [4.78, 5) is 27.0. The fourth-order valence-electron chi connectivity index (χ4n) is 2.97. The Morgan fingerprint density at radius 2 is 2.04 bits per heavy atom. The van der Waals surface area contributed by atoms with Gasteiger partial charge in [0.2, 0.25) is 11.8 Å². The van der Waals surface area contributed by atoms with Gasteiger partial charge in [-0.15, -0.1) is 0 Å². The number of thiophene rings is 1. The van der Waals surface area contributed by atoms with Crippen molar-refractivity contribution in [2.75, 3.05) is 11.9 Å². The average molecular weight is 397 g/mol. The van der Waals surface area contributed by atoms with Crippen LogP contribution in [0.4, 0.5) is 5.69 Å². The second-order valence-corrected chi connectivity index (χ2v) is 7.62. The van der Waals surface area contributed by atoms with Gasteiger partial charge >= 0.3 is 0 Å². The second kappa shape index (κ2) is 8.21. The van der Waals surface area contributed by atoms with Crippen molar-refractivity contribution in [3.8, 4) is 0 Å². The highest BCUT2D eigenvalue weighted by atomic mass is 35.5. The number of carbonyl (C=O) groups excluding carboxylic acids is 2. The number of halogens is 2. The molecule has 25 heavy (non-hydrogen) atoms. The number of nitrogens with one attached hydrogen (secondary N) is 1. The van der Waals surface area contributed by atoms with Gasteiger partial charge in [-0.2, -0.15) is 11.3 Å². The number of likely N-dealkylation sites (tertiary alicyclic amines) is 1. The van der Waals surface area contributed by atoms with Gasteiger partial charge in [0.15, 0.2) is 0 Å². The van der Waals surface area contributed by atoms with E-state index < -0.39 is 6.04 Å². The van der Waals surface area contributed by atoms with Gasteiger partial charge < -0.3 is 10.2 Å². The molecule has 4 nitrogen and oxygen atoms in total. The molecular weight excluding hydrogens is 379 g/mol. The van der Waals surface area contributed by atoms with Crippen LogP contribution in [0.15, 0.2) is 35.0 Å². The van der Waals surface area contributed by atoms with Crippen molar-refractivity contribution in [1.29, 1.82) is 0 Å². The fraction of sp³-hybridized carbons (Fsp3) is 0.333. The van der Waals surface area contributed by atoms with Crippen LogP contribution in [0.25, 0.3) is 0 Å². The monoisotopic (exact) mass is 396 g/mol. The second-order valence-electron chi connectivity index (χ2n) is 6.03. The summed E-state index contributed by atoms with van der Waals surface area (Å²) in [6, 6.07) is 6.44. The van der Waals surface area contributed by atoms with Crippen molar-refractivity contribution in [3.63, 3.8) is 0 Å². The van der Waals surface area contributed by atoms with E-state index in [1.165, 1.54) is 0 Å². The van der Waals surface area contributed by atoms with E-state index in [1.54, 1.807) is 34.4 Å². The Bertz CT molecular complexity index is 764. The number of anilines is 1. The largest absolute Gasteiger partial charge is 0.330 e. The molecule has 0 radical (unpaired) electrons. The summed E-state index contributed by atoms with van der Waals surface area (Å²) in [5, 5.41) is 7.58. The molecule has 0 saturated carbocycles. The Kier molecular flexibility index (Phi) is 5.99. The summed E-state index contributed by atoms with van der Waals surface area (Å²) < 4.78 is 0. The molecule has 1 atom stereocenters. The number of nitrogens with zero attached hydrogens (tertiary/aromatic N) is 1. The molecule has 1 saturated heterocycles. The third-order valence-corrected chi connectivity index (χ3v) is 5.72. The fourth-order valence-corrected chi connectivity index (χ4v) is 3.94. The first-order valence-corrected chi connectivity index (χ1v) is 9.81. The lowest BCUT2D eigenvalue weighted by Crippen LogP contribution is -2.50. The minimum absolute atomic E-state index is 0.00705. The lowest BCUT2D eigenvalue weighted by molar-refractivity contribution is -0.139. The number of piperidine rings is 1. The van der Waals surface area contributed by atoms with E-state index in [0.29, 0.717) is 35.1 Å². The van der Waals surface area contributed by atoms with Crippen molar-refractivity contribution in [3.05, 3.63) is 50.6 Å². The van der Waals surface area contributed by atoms with Gasteiger partial charge in [0.1, 0.15) is 6.04 Å². The molecule has 132 valence electrons. The molecule has 1 N–H and O–H groups in total. The van der Waals surface area contributed by atoms with Crippen LogP contribution in [0.5, 0.6) is 0 Å². The maximum Gasteiger partial charge on any atom is 0.247 e. The minimum Gasteiger partial charge on any atom is -0.330 e. The number of rotatable bonds is 4. The summed E-state index contributed by atoms with van der Waals surface area (Å²) >= 11 is 13.5. The smallest absolute Gasteiger partial charge is 0.247 e. The molecule has 7 heteroatoms. The number of hydrogen-bond acceptors (Lipinski definition) is 3. The summed E-state index contributed by atoms with van der Waals surface area (Å²) in [5.74, 6) is -0.191. The van der Waals surface area contributed by atoms with Crippen LogP contribution in [-0.2, 0) is 16.0 Å². The van der Waals surface area contributed by atoms with Crippen LogP contribution >= 0.6 is 34.5 Å². The summed E-state index contributed by atoms with van der Waals surface area (Å²) in [7, 11) is 0. The number of carbonyl (C=O) groups is 2. The SMILES string of the molecule is O=C(Nc1ccc(Cl)c(Cl)c1)C1CCCCN1C(=O)Cc1ccsc1. The Balaban J connectivity index is 1.69. The molecule has 0 bridgehead atoms. The van der Waals surface area contributed by atoms with Gasteiger partial charge in [-0.25, -0.2) is 0 Å². The Hall–Kier alpha value is -1.56. The molecule has 2 aromatic rings. The first-order chi connectivity index (χ1) is 12.0. The van der Waals surface area contributed by atoms with Crippen LogP contribution in [0.3, 0.4) is 0 Å². The molecular formula is C18H18Cl2N2O2S. The van der Waals surface area contributed by atoms with Gasteiger partial charge in [-0.1, -0.05) is 23.2 Å². The molecule has 1 aliphatic rings. The predicted molar refractivity (Wildman–Crippen MR) is 102 cm³/mol. The summed E-state index contributed by atoms with van der Waals surface area (Å²) in [6.07, 6.45) is 2.86. The molecule has 0 aliphatic carbocycles. The maximum atomic E-state index is 12.7. The highest BCUT2D eigenvalue weighted by molar-refractivity contribution is 7.08. The van der Waals surface area contributed by atoms with E-state index in [1.807, 2.05) is 16.8 Å². The molecule has 1 aromatic heterocycles. The standard InChI is InChI=1S/C18H18Cl2N2O2S/c19-14-5-4-13(10-15(14)20)21-18(24)16-3-1-2-7-22(16)17(23)9-12-6-8-25-11-12/h4-6,8,10-11,16H,1-3,7,9H2,(H,21,24). The van der Waals surface area contributed by atoms with Crippen molar-refractivity contribution in [2.24, 2.45) is 0 Å². The lowest BCUT2D eigenvalue weighted by Gasteiger charge is -2.34. The number of hydrogen-bond donors (Lipinski definition) is 1. The average Bonchev–Trinajstić information content (AvgIpc) is 3.11. The molecule has 0 spiro atoms. The molecule has 1 aromatic carbocycles. The molecule has 1 unspecified atom stereocenters. The molecule has 3 rings (SSSR count). The van der Waals surface area contributed by atoms with E-state index in [4.69, 9.17) is 23.2 Å². The zero-order valence-electron chi connectivity index (χ0n) is 13.5. The summed E-state index contributed by atoms with van der Waals surface area (Å²) in [5.41, 5.74) is 1.57. The van der Waals surface area contributed by atoms with Gasteiger partial charge in [-0.3, -0.25) is 9.59 Å². The van der Waals surface area contributed by atoms with E-state index in [0.717, 1.165) is 18.4 Å². The quantitative estimate of drug-likeness (QED) is 0.819. The minimum atomic E-state index is -0.450. The van der Waals surface area contributed by atoms with E-state index in [2.05, 4.69) is 5.32 Å². The lowest BCUT2D eigenvalue weighted by atomic mass is 10.00. The number of amides is 2. The highest BCUT2D eigenvalue weighted by Crippen LogP contribution is 2.26. The van der Waals surface area contributed by atoms with Gasteiger partial charge in [0.25, 0.3) is 0 Å². The van der Waals surface area contributed by atoms with Crippen LogP contribution in [0.2, 0.25) is 10.0 Å². The summed E-state index contributed by atoms with van der Waals surface area (Å²) in [6.45, 7) is 0.614. The maximum absolute atomic E-state index is 12.7. The molecule has 1 fully saturated rings. The first kappa shape index (κ1) is 18.2. The van der Waals surface area contributed by atoms with Crippen molar-refractivity contribution >= 4 is 52.0 Å². The van der Waals surface area contributed by atoms with E-state index in [-0.39, 0.29) is 11.8 Å². The van der Waals surface area contributed by atoms with Gasteiger partial charge in [0.05, 0.1) is 16.5 Å². The van der Waals surface area contributed by atoms with Crippen LogP contribution < -0.4 is 5.32 Å². The number of benzene rings is 1. The zero-order chi connectivity index (χ0) is 17.8. The third kappa shape index (κ3) is 4.54. The first-order valence-electron chi connectivity index (χ1n) is 8.11.